The van der Waals surface area contributed by atoms with Crippen LogP contribution < -0.4 is 5.32 Å². The summed E-state index contributed by atoms with van der Waals surface area (Å²) in [5.74, 6) is -0.564. The first-order chi connectivity index (χ1) is 11.5. The Morgan fingerprint density at radius 3 is 2.58 bits per heavy atom. The van der Waals surface area contributed by atoms with Crippen LogP contribution in [0.3, 0.4) is 0 Å². The van der Waals surface area contributed by atoms with Gasteiger partial charge >= 0.3 is 5.97 Å². The molecule has 5 heteroatoms. The Hall–Kier alpha value is -1.55. The summed E-state index contributed by atoms with van der Waals surface area (Å²) in [4.78, 5) is 11.0. The average molecular weight is 364 g/mol. The van der Waals surface area contributed by atoms with Gasteiger partial charge in [-0.25, -0.2) is 0 Å². The molecule has 2 aromatic carbocycles. The molecule has 1 aliphatic carbocycles. The molecule has 3 rings (SSSR count). The molecular formula is C19H19Cl2NO2. The summed E-state index contributed by atoms with van der Waals surface area (Å²) >= 11 is 12.2. The normalized spacial score (nSPS) is 19.8. The zero-order valence-corrected chi connectivity index (χ0v) is 14.9. The molecule has 0 aliphatic heterocycles. The van der Waals surface area contributed by atoms with Crippen molar-refractivity contribution >= 4 is 29.2 Å². The maximum atomic E-state index is 11.0. The van der Waals surface area contributed by atoms with Crippen molar-refractivity contribution in [1.29, 1.82) is 0 Å². The van der Waals surface area contributed by atoms with Crippen LogP contribution in [0.15, 0.2) is 36.4 Å². The molecule has 2 atom stereocenters. The summed E-state index contributed by atoms with van der Waals surface area (Å²) < 4.78 is 0. The Morgan fingerprint density at radius 2 is 1.92 bits per heavy atom. The number of hydrogen-bond donors (Lipinski definition) is 2. The second-order valence-corrected chi connectivity index (χ2v) is 6.99. The van der Waals surface area contributed by atoms with Crippen LogP contribution in [0.5, 0.6) is 0 Å². The highest BCUT2D eigenvalue weighted by molar-refractivity contribution is 6.42. The largest absolute Gasteiger partial charge is 0.481 e. The summed E-state index contributed by atoms with van der Waals surface area (Å²) in [6.07, 6.45) is 2.04. The first kappa shape index (κ1) is 17.3. The van der Waals surface area contributed by atoms with Crippen LogP contribution in [-0.2, 0) is 11.2 Å². The first-order valence-corrected chi connectivity index (χ1v) is 8.72. The van der Waals surface area contributed by atoms with Crippen molar-refractivity contribution in [1.82, 2.24) is 5.32 Å². The first-order valence-electron chi connectivity index (χ1n) is 7.96. The molecule has 0 heterocycles. The highest BCUT2D eigenvalue weighted by Gasteiger charge is 2.28. The second kappa shape index (κ2) is 7.14. The lowest BCUT2D eigenvalue weighted by Gasteiger charge is -2.32. The van der Waals surface area contributed by atoms with Crippen molar-refractivity contribution in [3.8, 4) is 0 Å². The fraction of sp³-hybridized carbons (Fsp3) is 0.316. The van der Waals surface area contributed by atoms with Crippen molar-refractivity contribution in [2.45, 2.75) is 31.2 Å². The number of aliphatic carboxylic acids is 1. The molecule has 2 N–H and O–H groups in total. The van der Waals surface area contributed by atoms with E-state index in [1.807, 2.05) is 37.4 Å². The van der Waals surface area contributed by atoms with Crippen LogP contribution >= 0.6 is 23.2 Å². The van der Waals surface area contributed by atoms with E-state index in [-0.39, 0.29) is 18.4 Å². The monoisotopic (exact) mass is 363 g/mol. The molecule has 0 amide bonds. The Bertz CT molecular complexity index is 776. The van der Waals surface area contributed by atoms with Gasteiger partial charge in [-0.1, -0.05) is 47.5 Å². The lowest BCUT2D eigenvalue weighted by atomic mass is 9.76. The van der Waals surface area contributed by atoms with Crippen LogP contribution in [-0.4, -0.2) is 18.1 Å². The number of benzene rings is 2. The van der Waals surface area contributed by atoms with E-state index in [0.717, 1.165) is 24.0 Å². The van der Waals surface area contributed by atoms with Gasteiger partial charge in [0.05, 0.1) is 16.5 Å². The van der Waals surface area contributed by atoms with Gasteiger partial charge in [0, 0.05) is 12.0 Å². The quantitative estimate of drug-likeness (QED) is 0.819. The van der Waals surface area contributed by atoms with Crippen LogP contribution in [0, 0.1) is 0 Å². The predicted octanol–water partition coefficient (Wildman–Crippen LogP) is 4.81. The number of rotatable bonds is 4. The third-order valence-electron chi connectivity index (χ3n) is 4.70. The predicted molar refractivity (Wildman–Crippen MR) is 97.1 cm³/mol. The van der Waals surface area contributed by atoms with Gasteiger partial charge in [0.2, 0.25) is 0 Å². The van der Waals surface area contributed by atoms with Crippen LogP contribution in [0.1, 0.15) is 47.1 Å². The second-order valence-electron chi connectivity index (χ2n) is 6.18. The number of carboxylic acids is 1. The van der Waals surface area contributed by atoms with Gasteiger partial charge in [0.15, 0.2) is 0 Å². The zero-order chi connectivity index (χ0) is 17.3. The van der Waals surface area contributed by atoms with Crippen LogP contribution in [0.25, 0.3) is 0 Å². The minimum absolute atomic E-state index is 0.0428. The number of carbonyl (C=O) groups is 1. The summed E-state index contributed by atoms with van der Waals surface area (Å²) in [7, 11) is 1.94. The Kier molecular flexibility index (Phi) is 5.14. The maximum Gasteiger partial charge on any atom is 0.307 e. The Labute approximate surface area is 151 Å². The van der Waals surface area contributed by atoms with Crippen molar-refractivity contribution in [3.05, 3.63) is 68.7 Å². The Balaban J connectivity index is 2.03. The lowest BCUT2D eigenvalue weighted by molar-refractivity contribution is -0.136. The smallest absolute Gasteiger partial charge is 0.307 e. The van der Waals surface area contributed by atoms with Gasteiger partial charge in [0.25, 0.3) is 0 Å². The highest BCUT2D eigenvalue weighted by atomic mass is 35.5. The molecule has 0 fully saturated rings. The number of fused-ring (bicyclic) bond motifs is 1. The van der Waals surface area contributed by atoms with Crippen molar-refractivity contribution < 1.29 is 9.90 Å². The molecule has 24 heavy (non-hydrogen) atoms. The summed E-state index contributed by atoms with van der Waals surface area (Å²) in [6, 6.07) is 12.0. The summed E-state index contributed by atoms with van der Waals surface area (Å²) in [5.41, 5.74) is 4.38. The van der Waals surface area contributed by atoms with Gasteiger partial charge in [-0.2, -0.15) is 0 Å². The molecule has 0 spiro atoms. The van der Waals surface area contributed by atoms with Gasteiger partial charge < -0.3 is 10.4 Å². The SMILES string of the molecule is CN[C@H]1CC[C@@H](c2ccc(Cl)c(Cl)c2)c2ccc(CC(=O)O)cc21. The molecule has 0 aromatic heterocycles. The third kappa shape index (κ3) is 3.44. The van der Waals surface area contributed by atoms with Crippen molar-refractivity contribution in [2.24, 2.45) is 0 Å². The van der Waals surface area contributed by atoms with Crippen molar-refractivity contribution in [3.63, 3.8) is 0 Å². The van der Waals surface area contributed by atoms with E-state index in [2.05, 4.69) is 11.4 Å². The maximum absolute atomic E-state index is 11.0. The van der Waals surface area contributed by atoms with E-state index in [1.165, 1.54) is 11.1 Å². The lowest BCUT2D eigenvalue weighted by Crippen LogP contribution is -2.24. The minimum atomic E-state index is -0.812. The van der Waals surface area contributed by atoms with E-state index in [1.54, 1.807) is 0 Å². The molecular weight excluding hydrogens is 345 g/mol. The van der Waals surface area contributed by atoms with E-state index in [4.69, 9.17) is 28.3 Å². The third-order valence-corrected chi connectivity index (χ3v) is 5.43. The number of hydrogen-bond acceptors (Lipinski definition) is 2. The number of nitrogens with one attached hydrogen (secondary N) is 1. The van der Waals surface area contributed by atoms with Crippen molar-refractivity contribution in [2.75, 3.05) is 7.05 Å². The fourth-order valence-corrected chi connectivity index (χ4v) is 3.85. The molecule has 126 valence electrons. The molecule has 0 saturated carbocycles. The number of carboxylic acid groups (broad SMARTS) is 1. The topological polar surface area (TPSA) is 49.3 Å². The van der Waals surface area contributed by atoms with Crippen LogP contribution in [0.4, 0.5) is 0 Å². The molecule has 2 aromatic rings. The molecule has 0 unspecified atom stereocenters. The van der Waals surface area contributed by atoms with Gasteiger partial charge in [-0.05, 0) is 54.3 Å². The molecule has 1 aliphatic rings. The van der Waals surface area contributed by atoms with Gasteiger partial charge in [0.1, 0.15) is 0 Å². The summed E-state index contributed by atoms with van der Waals surface area (Å²) in [5, 5.41) is 13.5. The van der Waals surface area contributed by atoms with Crippen LogP contribution in [0.2, 0.25) is 10.0 Å². The standard InChI is InChI=1S/C19H19Cl2NO2/c1-22-18-7-5-13(12-3-6-16(20)17(21)10-12)14-4-2-11(8-15(14)18)9-19(23)24/h2-4,6,8,10,13,18,22H,5,7,9H2,1H3,(H,23,24)/t13-,18-/m0/s1. The minimum Gasteiger partial charge on any atom is -0.481 e. The van der Waals surface area contributed by atoms with E-state index in [0.29, 0.717) is 10.0 Å². The average Bonchev–Trinajstić information content (AvgIpc) is 2.55. The molecule has 0 radical (unpaired) electrons. The van der Waals surface area contributed by atoms with E-state index < -0.39 is 5.97 Å². The molecule has 0 bridgehead atoms. The van der Waals surface area contributed by atoms with Gasteiger partial charge in [-0.15, -0.1) is 0 Å². The highest BCUT2D eigenvalue weighted by Crippen LogP contribution is 2.42. The molecule has 3 nitrogen and oxygen atoms in total. The Morgan fingerprint density at radius 1 is 1.12 bits per heavy atom. The number of halogens is 2. The fourth-order valence-electron chi connectivity index (χ4n) is 3.55. The molecule has 0 saturated heterocycles. The zero-order valence-electron chi connectivity index (χ0n) is 13.4. The summed E-state index contributed by atoms with van der Waals surface area (Å²) in [6.45, 7) is 0. The van der Waals surface area contributed by atoms with Gasteiger partial charge in [-0.3, -0.25) is 4.79 Å². The van der Waals surface area contributed by atoms with E-state index in [9.17, 15) is 4.79 Å². The van der Waals surface area contributed by atoms with E-state index >= 15 is 0 Å².